The van der Waals surface area contributed by atoms with Gasteiger partial charge in [-0.3, -0.25) is 4.21 Å². The minimum Gasteiger partial charge on any atom is -0.383 e. The van der Waals surface area contributed by atoms with Crippen molar-refractivity contribution < 1.29 is 8.95 Å². The third-order valence-corrected chi connectivity index (χ3v) is 3.01. The number of aromatic nitrogens is 2. The predicted octanol–water partition coefficient (Wildman–Crippen LogP) is 0.710. The van der Waals surface area contributed by atoms with Crippen LogP contribution < -0.4 is 5.32 Å². The maximum absolute atomic E-state index is 10.9. The summed E-state index contributed by atoms with van der Waals surface area (Å²) < 4.78 is 17.9. The van der Waals surface area contributed by atoms with Gasteiger partial charge in [0, 0.05) is 55.4 Å². The van der Waals surface area contributed by atoms with Crippen LogP contribution in [0.5, 0.6) is 0 Å². The van der Waals surface area contributed by atoms with Crippen LogP contribution in [0.3, 0.4) is 0 Å². The molecule has 0 radical (unpaired) electrons. The smallest absolute Gasteiger partial charge is 0.202 e. The maximum Gasteiger partial charge on any atom is 0.202 e. The first-order valence-electron chi connectivity index (χ1n) is 5.28. The number of ether oxygens (including phenoxy) is 1. The molecule has 5 nitrogen and oxygen atoms in total. The fraction of sp³-hybridized carbons (Fsp3) is 0.700. The van der Waals surface area contributed by atoms with E-state index < -0.39 is 10.8 Å². The SMILES string of the molecule is COCCn1ccnc1NCCCS(C)=O. The van der Waals surface area contributed by atoms with E-state index in [1.54, 1.807) is 19.6 Å². The zero-order valence-electron chi connectivity index (χ0n) is 9.81. The summed E-state index contributed by atoms with van der Waals surface area (Å²) in [5, 5.41) is 3.22. The second-order valence-corrected chi connectivity index (χ2v) is 5.05. The second-order valence-electron chi connectivity index (χ2n) is 3.49. The summed E-state index contributed by atoms with van der Waals surface area (Å²) in [6.45, 7) is 2.26. The van der Waals surface area contributed by atoms with Crippen LogP contribution >= 0.6 is 0 Å². The lowest BCUT2D eigenvalue weighted by Gasteiger charge is -2.08. The second kappa shape index (κ2) is 7.40. The zero-order valence-corrected chi connectivity index (χ0v) is 10.6. The van der Waals surface area contributed by atoms with Gasteiger partial charge in [0.1, 0.15) is 0 Å². The number of nitrogens with zero attached hydrogens (tertiary/aromatic N) is 2. The Labute approximate surface area is 98.7 Å². The van der Waals surface area contributed by atoms with Crippen molar-refractivity contribution in [3.05, 3.63) is 12.4 Å². The van der Waals surface area contributed by atoms with E-state index in [1.165, 1.54) is 0 Å². The number of nitrogens with one attached hydrogen (secondary N) is 1. The molecule has 1 rings (SSSR count). The molecule has 1 aromatic rings. The Morgan fingerprint density at radius 1 is 1.62 bits per heavy atom. The summed E-state index contributed by atoms with van der Waals surface area (Å²) in [4.78, 5) is 4.21. The van der Waals surface area contributed by atoms with Gasteiger partial charge >= 0.3 is 0 Å². The summed E-state index contributed by atoms with van der Waals surface area (Å²) in [6.07, 6.45) is 6.29. The number of rotatable bonds is 8. The lowest BCUT2D eigenvalue weighted by atomic mass is 10.5. The van der Waals surface area contributed by atoms with Crippen molar-refractivity contribution in [2.24, 2.45) is 0 Å². The summed E-state index contributed by atoms with van der Waals surface area (Å²) in [5.41, 5.74) is 0. The summed E-state index contributed by atoms with van der Waals surface area (Å²) in [7, 11) is 0.970. The molecule has 0 aliphatic heterocycles. The first-order chi connectivity index (χ1) is 7.74. The van der Waals surface area contributed by atoms with Crippen molar-refractivity contribution in [3.63, 3.8) is 0 Å². The molecule has 0 spiro atoms. The molecule has 1 N–H and O–H groups in total. The van der Waals surface area contributed by atoms with E-state index in [0.29, 0.717) is 6.61 Å². The van der Waals surface area contributed by atoms with E-state index in [1.807, 2.05) is 10.8 Å². The molecule has 0 saturated carbocycles. The van der Waals surface area contributed by atoms with Crippen molar-refractivity contribution in [1.82, 2.24) is 9.55 Å². The molecule has 6 heteroatoms. The van der Waals surface area contributed by atoms with Crippen molar-refractivity contribution in [1.29, 1.82) is 0 Å². The normalized spacial score (nSPS) is 12.6. The molecule has 0 amide bonds. The first-order valence-corrected chi connectivity index (χ1v) is 7.00. The van der Waals surface area contributed by atoms with Gasteiger partial charge in [0.05, 0.1) is 6.61 Å². The maximum atomic E-state index is 10.9. The minimum absolute atomic E-state index is 0.671. The Morgan fingerprint density at radius 3 is 3.12 bits per heavy atom. The zero-order chi connectivity index (χ0) is 11.8. The Hall–Kier alpha value is -0.880. The van der Waals surface area contributed by atoms with Crippen LogP contribution in [0.4, 0.5) is 5.95 Å². The molecule has 0 aliphatic carbocycles. The van der Waals surface area contributed by atoms with Crippen molar-refractivity contribution >= 4 is 16.7 Å². The van der Waals surface area contributed by atoms with E-state index >= 15 is 0 Å². The molecule has 0 saturated heterocycles. The van der Waals surface area contributed by atoms with Gasteiger partial charge in [0.15, 0.2) is 0 Å². The molecule has 16 heavy (non-hydrogen) atoms. The topological polar surface area (TPSA) is 56.1 Å². The Kier molecular flexibility index (Phi) is 6.10. The van der Waals surface area contributed by atoms with E-state index in [0.717, 1.165) is 31.2 Å². The highest BCUT2D eigenvalue weighted by Crippen LogP contribution is 2.03. The number of anilines is 1. The van der Waals surface area contributed by atoms with Gasteiger partial charge in [-0.1, -0.05) is 0 Å². The van der Waals surface area contributed by atoms with Gasteiger partial charge < -0.3 is 14.6 Å². The molecule has 92 valence electrons. The molecule has 1 atom stereocenters. The van der Waals surface area contributed by atoms with Crippen LogP contribution in [0.1, 0.15) is 6.42 Å². The molecule has 0 aliphatic rings. The summed E-state index contributed by atoms with van der Waals surface area (Å²) in [6, 6.07) is 0. The highest BCUT2D eigenvalue weighted by atomic mass is 32.2. The Morgan fingerprint density at radius 2 is 2.44 bits per heavy atom. The van der Waals surface area contributed by atoms with Crippen LogP contribution in [0.2, 0.25) is 0 Å². The third-order valence-electron chi connectivity index (χ3n) is 2.14. The lowest BCUT2D eigenvalue weighted by molar-refractivity contribution is 0.187. The molecular formula is C10H19N3O2S. The highest BCUT2D eigenvalue weighted by molar-refractivity contribution is 7.84. The average Bonchev–Trinajstić information content (AvgIpc) is 2.69. The van der Waals surface area contributed by atoms with Gasteiger partial charge in [-0.05, 0) is 6.42 Å². The van der Waals surface area contributed by atoms with Crippen molar-refractivity contribution in [2.75, 3.05) is 37.6 Å². The fourth-order valence-corrected chi connectivity index (χ4v) is 1.87. The van der Waals surface area contributed by atoms with E-state index in [-0.39, 0.29) is 0 Å². The molecule has 1 aromatic heterocycles. The summed E-state index contributed by atoms with van der Waals surface area (Å²) in [5.74, 6) is 1.57. The van der Waals surface area contributed by atoms with Gasteiger partial charge in [0.25, 0.3) is 0 Å². The van der Waals surface area contributed by atoms with Crippen molar-refractivity contribution in [3.8, 4) is 0 Å². The van der Waals surface area contributed by atoms with E-state index in [2.05, 4.69) is 10.3 Å². The van der Waals surface area contributed by atoms with Crippen LogP contribution in [0.25, 0.3) is 0 Å². The molecule has 0 fully saturated rings. The van der Waals surface area contributed by atoms with E-state index in [4.69, 9.17) is 4.74 Å². The van der Waals surface area contributed by atoms with Crippen LogP contribution in [0.15, 0.2) is 12.4 Å². The molecule has 1 unspecified atom stereocenters. The van der Waals surface area contributed by atoms with Crippen LogP contribution in [0, 0.1) is 0 Å². The summed E-state index contributed by atoms with van der Waals surface area (Å²) >= 11 is 0. The van der Waals surface area contributed by atoms with Gasteiger partial charge in [-0.15, -0.1) is 0 Å². The lowest BCUT2D eigenvalue weighted by Crippen LogP contribution is -2.12. The molecule has 0 aromatic carbocycles. The number of hydrogen-bond donors (Lipinski definition) is 1. The van der Waals surface area contributed by atoms with Gasteiger partial charge in [-0.25, -0.2) is 4.98 Å². The minimum atomic E-state index is -0.711. The largest absolute Gasteiger partial charge is 0.383 e. The average molecular weight is 245 g/mol. The Bertz CT molecular complexity index is 328. The van der Waals surface area contributed by atoms with Crippen LogP contribution in [-0.2, 0) is 22.1 Å². The number of imidazole rings is 1. The third kappa shape index (κ3) is 4.76. The van der Waals surface area contributed by atoms with Crippen molar-refractivity contribution in [2.45, 2.75) is 13.0 Å². The number of methoxy groups -OCH3 is 1. The number of hydrogen-bond acceptors (Lipinski definition) is 4. The van der Waals surface area contributed by atoms with Crippen LogP contribution in [-0.4, -0.2) is 46.0 Å². The molecule has 0 bridgehead atoms. The predicted molar refractivity (Wildman–Crippen MR) is 66.1 cm³/mol. The van der Waals surface area contributed by atoms with E-state index in [9.17, 15) is 4.21 Å². The molecular weight excluding hydrogens is 226 g/mol. The van der Waals surface area contributed by atoms with Gasteiger partial charge in [-0.2, -0.15) is 0 Å². The van der Waals surface area contributed by atoms with Gasteiger partial charge in [0.2, 0.25) is 5.95 Å². The standard InChI is InChI=1S/C10H19N3O2S/c1-15-8-7-13-6-5-12-10(13)11-4-3-9-16(2)14/h5-6H,3-4,7-9H2,1-2H3,(H,11,12). The monoisotopic (exact) mass is 245 g/mol. The quantitative estimate of drug-likeness (QED) is 0.685. The first kappa shape index (κ1) is 13.2. The molecule has 1 heterocycles. The fourth-order valence-electron chi connectivity index (χ4n) is 1.32. The highest BCUT2D eigenvalue weighted by Gasteiger charge is 2.01. The Balaban J connectivity index is 2.29.